The molecule has 0 aromatic heterocycles. The Bertz CT molecular complexity index is 327. The van der Waals surface area contributed by atoms with Crippen LogP contribution in [-0.2, 0) is 13.1 Å². The molecule has 0 spiro atoms. The Balaban J connectivity index is 0.000000970. The summed E-state index contributed by atoms with van der Waals surface area (Å²) in [4.78, 5) is 0. The van der Waals surface area contributed by atoms with E-state index in [1.54, 1.807) is 0 Å². The van der Waals surface area contributed by atoms with Gasteiger partial charge in [-0.2, -0.15) is 62.9 Å². The monoisotopic (exact) mass is 431 g/mol. The first kappa shape index (κ1) is 23.9. The van der Waals surface area contributed by atoms with Crippen LogP contribution in [0.5, 0.6) is 0 Å². The summed E-state index contributed by atoms with van der Waals surface area (Å²) in [6.45, 7) is 10.6. The Morgan fingerprint density at radius 3 is 1.44 bits per heavy atom. The molecule has 2 fully saturated rings. The quantitative estimate of drug-likeness (QED) is 0.439. The van der Waals surface area contributed by atoms with Gasteiger partial charge < -0.3 is 26.6 Å². The number of hydrogen-bond donors (Lipinski definition) is 0. The summed E-state index contributed by atoms with van der Waals surface area (Å²) in [6, 6.07) is 1.72. The van der Waals surface area contributed by atoms with Gasteiger partial charge in [-0.15, -0.1) is 0 Å². The second-order valence-electron chi connectivity index (χ2n) is 6.93. The van der Waals surface area contributed by atoms with Crippen molar-refractivity contribution in [1.82, 2.24) is 0 Å². The average molecular weight is 432 g/mol. The van der Waals surface area contributed by atoms with E-state index >= 15 is 0 Å². The van der Waals surface area contributed by atoms with Crippen LogP contribution < -0.4 is 0 Å². The summed E-state index contributed by atoms with van der Waals surface area (Å²) in [5, 5.41) is 23.9. The third kappa shape index (κ3) is 11.4. The summed E-state index contributed by atoms with van der Waals surface area (Å²) in [6.07, 6.45) is 4.97. The van der Waals surface area contributed by atoms with Crippen LogP contribution in [0, 0.1) is 0 Å². The van der Waals surface area contributed by atoms with Crippen molar-refractivity contribution >= 4 is 20.2 Å². The molecule has 2 aliphatic rings. The van der Waals surface area contributed by atoms with Crippen molar-refractivity contribution < 1.29 is 13.1 Å². The van der Waals surface area contributed by atoms with Crippen LogP contribution >= 0.6 is 20.2 Å². The Morgan fingerprint density at radius 2 is 1.00 bits per heavy atom. The molecule has 0 radical (unpaired) electrons. The van der Waals surface area contributed by atoms with Gasteiger partial charge in [0, 0.05) is 0 Å². The number of nitrogens with zero attached hydrogens (tertiary/aromatic N) is 5. The SMILES string of the molecule is C[C@@H]1C[N-][C@@H](C)C[N-][C@@H]2CCCC[C@H]2[N-]C[C@H](C)[N-]CC[N-]1.[Cl][Mn][Cl]. The maximum atomic E-state index is 4.94. The van der Waals surface area contributed by atoms with Crippen LogP contribution in [0.25, 0.3) is 26.6 Å². The van der Waals surface area contributed by atoms with Gasteiger partial charge in [0.2, 0.25) is 0 Å². The van der Waals surface area contributed by atoms with Crippen molar-refractivity contribution in [3.05, 3.63) is 26.6 Å². The zero-order valence-corrected chi connectivity index (χ0v) is 18.3. The molecule has 2 rings (SSSR count). The first-order valence-electron chi connectivity index (χ1n) is 9.26. The van der Waals surface area contributed by atoms with Crippen molar-refractivity contribution in [3.63, 3.8) is 0 Å². The summed E-state index contributed by atoms with van der Waals surface area (Å²) >= 11 is 0.00694. The van der Waals surface area contributed by atoms with Gasteiger partial charge in [0.15, 0.2) is 0 Å². The normalized spacial score (nSPS) is 36.1. The summed E-state index contributed by atoms with van der Waals surface area (Å²) in [7, 11) is 9.59. The van der Waals surface area contributed by atoms with Crippen LogP contribution in [0.1, 0.15) is 46.5 Å². The molecule has 1 saturated carbocycles. The molecule has 25 heavy (non-hydrogen) atoms. The van der Waals surface area contributed by atoms with Gasteiger partial charge in [0.05, 0.1) is 0 Å². The first-order valence-corrected chi connectivity index (χ1v) is 12.5. The van der Waals surface area contributed by atoms with Gasteiger partial charge in [0.25, 0.3) is 0 Å². The van der Waals surface area contributed by atoms with Crippen LogP contribution in [0.3, 0.4) is 0 Å². The van der Waals surface area contributed by atoms with E-state index in [-0.39, 0.29) is 13.1 Å². The topological polar surface area (TPSA) is 70.5 Å². The van der Waals surface area contributed by atoms with Crippen molar-refractivity contribution in [2.45, 2.75) is 76.7 Å². The van der Waals surface area contributed by atoms with Crippen LogP contribution in [0.4, 0.5) is 0 Å². The molecule has 1 aliphatic carbocycles. The minimum absolute atomic E-state index is 0.00694. The number of hydrogen-bond acceptors (Lipinski definition) is 0. The van der Waals surface area contributed by atoms with E-state index in [1.165, 1.54) is 25.7 Å². The molecular weight excluding hydrogens is 400 g/mol. The molecule has 0 bridgehead atoms. The predicted octanol–water partition coefficient (Wildman–Crippen LogP) is 5.72. The minimum atomic E-state index is 0.00694. The van der Waals surface area contributed by atoms with Gasteiger partial charge >= 0.3 is 33.3 Å². The predicted molar refractivity (Wildman–Crippen MR) is 107 cm³/mol. The Labute approximate surface area is 169 Å². The molecule has 5 nitrogen and oxygen atoms in total. The number of halogens is 2. The fourth-order valence-electron chi connectivity index (χ4n) is 3.16. The molecule has 0 amide bonds. The zero-order chi connectivity index (χ0) is 18.5. The standard InChI is InChI=1S/C17H32N5.2ClH.Mn/c1-13-10-20-15(3)12-22-17-7-5-4-6-16(17)21-11-14(2)19-9-8-18-13;;;/h13-17H,4-12H2,1-3H3;2*1H;/q-5;;;+2/p-2/t13-,14+,15+,16-,17-;;;/m1.../s1. The molecule has 0 aromatic carbocycles. The van der Waals surface area contributed by atoms with Gasteiger partial charge in [-0.25, -0.2) is 0 Å². The molecule has 1 aliphatic heterocycles. The Hall–Kier alpha value is 0.899. The average Bonchev–Trinajstić information content (AvgIpc) is 2.61. The molecule has 0 N–H and O–H groups in total. The fourth-order valence-corrected chi connectivity index (χ4v) is 3.16. The van der Waals surface area contributed by atoms with Gasteiger partial charge in [-0.3, -0.25) is 0 Å². The van der Waals surface area contributed by atoms with Gasteiger partial charge in [-0.05, 0) is 0 Å². The van der Waals surface area contributed by atoms with E-state index in [9.17, 15) is 0 Å². The van der Waals surface area contributed by atoms with E-state index < -0.39 is 0 Å². The van der Waals surface area contributed by atoms with Crippen LogP contribution in [-0.4, -0.2) is 62.9 Å². The summed E-state index contributed by atoms with van der Waals surface area (Å²) in [5.74, 6) is 0. The summed E-state index contributed by atoms with van der Waals surface area (Å²) in [5.41, 5.74) is 0. The third-order valence-electron chi connectivity index (χ3n) is 4.57. The molecule has 151 valence electrons. The van der Waals surface area contributed by atoms with Crippen molar-refractivity contribution in [1.29, 1.82) is 0 Å². The molecule has 8 heteroatoms. The zero-order valence-electron chi connectivity index (χ0n) is 15.6. The van der Waals surface area contributed by atoms with E-state index in [2.05, 4.69) is 31.4 Å². The van der Waals surface area contributed by atoms with E-state index in [0.717, 1.165) is 32.7 Å². The summed E-state index contributed by atoms with van der Waals surface area (Å²) < 4.78 is 0. The molecule has 0 aromatic rings. The fraction of sp³-hybridized carbons (Fsp3) is 1.00. The van der Waals surface area contributed by atoms with Crippen molar-refractivity contribution in [3.8, 4) is 0 Å². The molecule has 5 atom stereocenters. The van der Waals surface area contributed by atoms with Crippen LogP contribution in [0.15, 0.2) is 0 Å². The molecular formula is C17H32Cl2MnN5-5. The Kier molecular flexibility index (Phi) is 14.3. The Morgan fingerprint density at radius 1 is 0.640 bits per heavy atom. The van der Waals surface area contributed by atoms with E-state index in [1.807, 2.05) is 0 Å². The number of fused-ring (bicyclic) bond motifs is 1. The maximum absolute atomic E-state index is 4.94. The van der Waals surface area contributed by atoms with E-state index in [4.69, 9.17) is 36.1 Å². The van der Waals surface area contributed by atoms with Gasteiger partial charge in [-0.1, -0.05) is 46.5 Å². The molecule has 1 heterocycles. The van der Waals surface area contributed by atoms with Crippen LogP contribution in [0.2, 0.25) is 0 Å². The van der Waals surface area contributed by atoms with Gasteiger partial charge in [0.1, 0.15) is 0 Å². The van der Waals surface area contributed by atoms with Crippen molar-refractivity contribution in [2.24, 2.45) is 0 Å². The number of rotatable bonds is 0. The first-order chi connectivity index (χ1) is 12.1. The second-order valence-corrected chi connectivity index (χ2v) is 8.88. The molecule has 1 saturated heterocycles. The van der Waals surface area contributed by atoms with Crippen molar-refractivity contribution in [2.75, 3.05) is 32.7 Å². The third-order valence-corrected chi connectivity index (χ3v) is 4.57. The second kappa shape index (κ2) is 14.9. The molecule has 0 unspecified atom stereocenters. The van der Waals surface area contributed by atoms with E-state index in [0.29, 0.717) is 30.2 Å².